The normalized spacial score (nSPS) is 10.5. The van der Waals surface area contributed by atoms with Crippen LogP contribution >= 0.6 is 0 Å². The second-order valence-electron chi connectivity index (χ2n) is 7.36. The van der Waals surface area contributed by atoms with Crippen LogP contribution in [-0.2, 0) is 0 Å². The van der Waals surface area contributed by atoms with Crippen molar-refractivity contribution in [2.45, 2.75) is 135 Å². The average Bonchev–Trinajstić information content (AvgIpc) is 2.60. The summed E-state index contributed by atoms with van der Waals surface area (Å²) in [7, 11) is 0. The Labute approximate surface area is 154 Å². The predicted molar refractivity (Wildman–Crippen MR) is 111 cm³/mol. The molecule has 0 aromatic rings. The molecule has 0 nitrogen and oxygen atoms in total. The average molecular weight is 334 g/mol. The molecule has 0 unspecified atom stereocenters. The second kappa shape index (κ2) is 22.4. The number of hydrogen-bond acceptors (Lipinski definition) is 0. The maximum Gasteiger partial charge on any atom is 0.0850 e. The summed E-state index contributed by atoms with van der Waals surface area (Å²) in [4.78, 5) is 0. The molecule has 0 saturated carbocycles. The van der Waals surface area contributed by atoms with Gasteiger partial charge in [-0.25, -0.2) is 0 Å². The number of hydrogen-bond donors (Lipinski definition) is 0. The maximum atomic E-state index is 3.88. The molecule has 0 amide bonds. The first-order valence-corrected chi connectivity index (χ1v) is 11.2. The van der Waals surface area contributed by atoms with E-state index in [1.807, 2.05) is 0 Å². The molecular formula is C24H45+. The summed E-state index contributed by atoms with van der Waals surface area (Å²) < 4.78 is 0. The summed E-state index contributed by atoms with van der Waals surface area (Å²) in [6.07, 6.45) is 27.1. The van der Waals surface area contributed by atoms with Crippen LogP contribution < -0.4 is 0 Å². The van der Waals surface area contributed by atoms with Gasteiger partial charge in [-0.15, -0.1) is 11.8 Å². The van der Waals surface area contributed by atoms with E-state index in [4.69, 9.17) is 0 Å². The van der Waals surface area contributed by atoms with Gasteiger partial charge in [-0.2, -0.15) is 0 Å². The standard InChI is InChI=1S/C24H45/c1-3-5-7-9-11-13-15-17-19-21-23-24-22-20-18-16-14-12-10-8-6-4-2/h1,3-16,18,20-24H2,2H3/q+1. The van der Waals surface area contributed by atoms with Crippen molar-refractivity contribution in [2.75, 3.05) is 0 Å². The summed E-state index contributed by atoms with van der Waals surface area (Å²) in [6, 6.07) is 0. The Morgan fingerprint density at radius 1 is 0.458 bits per heavy atom. The lowest BCUT2D eigenvalue weighted by Gasteiger charge is -2.01. The van der Waals surface area contributed by atoms with E-state index in [0.717, 1.165) is 19.3 Å². The Hall–Kier alpha value is -0.570. The fourth-order valence-electron chi connectivity index (χ4n) is 3.15. The van der Waals surface area contributed by atoms with Gasteiger partial charge in [-0.1, -0.05) is 90.4 Å². The van der Waals surface area contributed by atoms with E-state index < -0.39 is 0 Å². The van der Waals surface area contributed by atoms with E-state index in [2.05, 4.69) is 25.7 Å². The van der Waals surface area contributed by atoms with Gasteiger partial charge in [0.1, 0.15) is 0 Å². The smallest absolute Gasteiger partial charge is 0.0850 e. The summed E-state index contributed by atoms with van der Waals surface area (Å²) in [5.41, 5.74) is 0. The van der Waals surface area contributed by atoms with Gasteiger partial charge in [0.05, 0.1) is 13.3 Å². The molecule has 24 heavy (non-hydrogen) atoms. The van der Waals surface area contributed by atoms with Crippen molar-refractivity contribution >= 4 is 0 Å². The topological polar surface area (TPSA) is 0 Å². The van der Waals surface area contributed by atoms with Crippen molar-refractivity contribution in [1.29, 1.82) is 0 Å². The molecule has 140 valence electrons. The van der Waals surface area contributed by atoms with Crippen molar-refractivity contribution in [3.63, 3.8) is 0 Å². The molecule has 0 aliphatic rings. The van der Waals surface area contributed by atoms with Crippen molar-refractivity contribution in [3.8, 4) is 11.8 Å². The molecule has 0 aliphatic carbocycles. The summed E-state index contributed by atoms with van der Waals surface area (Å²) in [5.74, 6) is 6.72. The van der Waals surface area contributed by atoms with E-state index in [1.165, 1.54) is 109 Å². The number of unbranched alkanes of at least 4 members (excludes halogenated alkanes) is 18. The Balaban J connectivity index is 3.06. The zero-order valence-corrected chi connectivity index (χ0v) is 16.8. The lowest BCUT2D eigenvalue weighted by atomic mass is 10.0. The van der Waals surface area contributed by atoms with Crippen LogP contribution in [0.2, 0.25) is 0 Å². The first kappa shape index (κ1) is 23.4. The SMILES string of the molecule is [CH2+]CCCCCCCC#CCCCCCCCCCCCCCC. The molecular weight excluding hydrogens is 288 g/mol. The first-order valence-electron chi connectivity index (χ1n) is 11.2. The van der Waals surface area contributed by atoms with Crippen LogP contribution in [0.25, 0.3) is 0 Å². The van der Waals surface area contributed by atoms with Gasteiger partial charge >= 0.3 is 0 Å². The van der Waals surface area contributed by atoms with Crippen LogP contribution in [0.1, 0.15) is 135 Å². The lowest BCUT2D eigenvalue weighted by molar-refractivity contribution is 0.545. The fraction of sp³-hybridized carbons (Fsp3) is 0.875. The highest BCUT2D eigenvalue weighted by molar-refractivity contribution is 4.98. The van der Waals surface area contributed by atoms with Crippen LogP contribution in [0.3, 0.4) is 0 Å². The third-order valence-corrected chi connectivity index (χ3v) is 4.83. The molecule has 0 aromatic heterocycles. The molecule has 0 aromatic carbocycles. The van der Waals surface area contributed by atoms with Crippen LogP contribution in [0, 0.1) is 18.8 Å². The summed E-state index contributed by atoms with van der Waals surface area (Å²) in [5, 5.41) is 0. The molecule has 0 fully saturated rings. The fourth-order valence-corrected chi connectivity index (χ4v) is 3.15. The van der Waals surface area contributed by atoms with Crippen LogP contribution in [0.15, 0.2) is 0 Å². The zero-order chi connectivity index (χ0) is 17.6. The predicted octanol–water partition coefficient (Wildman–Crippen LogP) is 8.65. The second-order valence-corrected chi connectivity index (χ2v) is 7.36. The molecule has 0 heteroatoms. The van der Waals surface area contributed by atoms with Gasteiger partial charge in [0, 0.05) is 12.8 Å². The lowest BCUT2D eigenvalue weighted by Crippen LogP contribution is -1.82. The third-order valence-electron chi connectivity index (χ3n) is 4.83. The van der Waals surface area contributed by atoms with Gasteiger partial charge in [-0.3, -0.25) is 0 Å². The van der Waals surface area contributed by atoms with Crippen LogP contribution in [-0.4, -0.2) is 0 Å². The Kier molecular flexibility index (Phi) is 21.9. The van der Waals surface area contributed by atoms with Gasteiger partial charge in [0.25, 0.3) is 0 Å². The molecule has 0 heterocycles. The molecule has 0 bridgehead atoms. The third kappa shape index (κ3) is 21.4. The van der Waals surface area contributed by atoms with Crippen molar-refractivity contribution in [3.05, 3.63) is 6.92 Å². The minimum atomic E-state index is 1.10. The minimum Gasteiger partial charge on any atom is -0.103 e. The molecule has 0 atom stereocenters. The molecule has 0 radical (unpaired) electrons. The number of rotatable bonds is 18. The Morgan fingerprint density at radius 2 is 0.792 bits per heavy atom. The van der Waals surface area contributed by atoms with Gasteiger partial charge in [-0.05, 0) is 25.7 Å². The highest BCUT2D eigenvalue weighted by Crippen LogP contribution is 2.12. The Bertz CT molecular complexity index is 267. The highest BCUT2D eigenvalue weighted by atomic mass is 14.0. The van der Waals surface area contributed by atoms with E-state index in [-0.39, 0.29) is 0 Å². The van der Waals surface area contributed by atoms with Gasteiger partial charge < -0.3 is 0 Å². The molecule has 0 aliphatic heterocycles. The monoisotopic (exact) mass is 333 g/mol. The minimum absolute atomic E-state index is 1.10. The van der Waals surface area contributed by atoms with E-state index in [1.54, 1.807) is 0 Å². The van der Waals surface area contributed by atoms with Crippen molar-refractivity contribution in [1.82, 2.24) is 0 Å². The van der Waals surface area contributed by atoms with Gasteiger partial charge in [0.15, 0.2) is 0 Å². The van der Waals surface area contributed by atoms with Crippen LogP contribution in [0.5, 0.6) is 0 Å². The molecule has 0 N–H and O–H groups in total. The quantitative estimate of drug-likeness (QED) is 0.134. The van der Waals surface area contributed by atoms with Crippen molar-refractivity contribution in [2.24, 2.45) is 0 Å². The molecule has 0 rings (SSSR count). The Morgan fingerprint density at radius 3 is 1.17 bits per heavy atom. The zero-order valence-electron chi connectivity index (χ0n) is 16.8. The van der Waals surface area contributed by atoms with Crippen LogP contribution in [0.4, 0.5) is 0 Å². The van der Waals surface area contributed by atoms with E-state index >= 15 is 0 Å². The summed E-state index contributed by atoms with van der Waals surface area (Å²) in [6.45, 7) is 6.17. The highest BCUT2D eigenvalue weighted by Gasteiger charge is 1.93. The maximum absolute atomic E-state index is 3.88. The summed E-state index contributed by atoms with van der Waals surface area (Å²) >= 11 is 0. The largest absolute Gasteiger partial charge is 0.103 e. The first-order chi connectivity index (χ1) is 11.9. The van der Waals surface area contributed by atoms with E-state index in [9.17, 15) is 0 Å². The van der Waals surface area contributed by atoms with Crippen molar-refractivity contribution < 1.29 is 0 Å². The molecule has 0 saturated heterocycles. The van der Waals surface area contributed by atoms with Gasteiger partial charge in [0.2, 0.25) is 0 Å². The van der Waals surface area contributed by atoms with E-state index in [0.29, 0.717) is 0 Å². The molecule has 0 spiro atoms.